The van der Waals surface area contributed by atoms with Crippen molar-refractivity contribution in [3.63, 3.8) is 0 Å². The number of carbonyl (C=O) groups excluding carboxylic acids is 1. The SMILES string of the molecule is Cc1nc(C)c(Cc2ccccc2)c(N2CCCN(C(=O)c3cc(Cl)cc(Cl)c3)CC2)n1. The van der Waals surface area contributed by atoms with Crippen LogP contribution in [0.4, 0.5) is 5.82 Å². The molecule has 0 aliphatic carbocycles. The summed E-state index contributed by atoms with van der Waals surface area (Å²) >= 11 is 12.2. The summed E-state index contributed by atoms with van der Waals surface area (Å²) < 4.78 is 0. The van der Waals surface area contributed by atoms with Crippen LogP contribution in [0.25, 0.3) is 0 Å². The lowest BCUT2D eigenvalue weighted by Gasteiger charge is -2.26. The van der Waals surface area contributed by atoms with Gasteiger partial charge in [-0.25, -0.2) is 9.97 Å². The molecule has 4 rings (SSSR count). The van der Waals surface area contributed by atoms with Crippen molar-refractivity contribution in [3.8, 4) is 0 Å². The molecule has 0 N–H and O–H groups in total. The third kappa shape index (κ3) is 5.22. The second kappa shape index (κ2) is 9.88. The summed E-state index contributed by atoms with van der Waals surface area (Å²) in [6.45, 7) is 6.80. The van der Waals surface area contributed by atoms with Gasteiger partial charge < -0.3 is 9.80 Å². The predicted octanol–water partition coefficient (Wildman–Crippen LogP) is 5.34. The minimum atomic E-state index is -0.0455. The molecule has 3 aromatic rings. The topological polar surface area (TPSA) is 49.3 Å². The molecule has 5 nitrogen and oxygen atoms in total. The van der Waals surface area contributed by atoms with Crippen molar-refractivity contribution in [1.82, 2.24) is 14.9 Å². The van der Waals surface area contributed by atoms with Crippen LogP contribution in [0.1, 0.15) is 39.4 Å². The molecule has 0 spiro atoms. The summed E-state index contributed by atoms with van der Waals surface area (Å²) in [7, 11) is 0. The molecule has 32 heavy (non-hydrogen) atoms. The average molecular weight is 469 g/mol. The van der Waals surface area contributed by atoms with Gasteiger partial charge in [0.05, 0.1) is 0 Å². The van der Waals surface area contributed by atoms with Gasteiger partial charge in [0.15, 0.2) is 0 Å². The summed E-state index contributed by atoms with van der Waals surface area (Å²) in [4.78, 5) is 26.7. The highest BCUT2D eigenvalue weighted by molar-refractivity contribution is 6.35. The summed E-state index contributed by atoms with van der Waals surface area (Å²) in [6, 6.07) is 15.4. The molecule has 1 aliphatic rings. The van der Waals surface area contributed by atoms with E-state index in [4.69, 9.17) is 28.2 Å². The first-order chi connectivity index (χ1) is 15.4. The molecule has 1 aliphatic heterocycles. The quantitative estimate of drug-likeness (QED) is 0.518. The van der Waals surface area contributed by atoms with E-state index in [1.54, 1.807) is 18.2 Å². The minimum absolute atomic E-state index is 0.0455. The van der Waals surface area contributed by atoms with Gasteiger partial charge in [0.2, 0.25) is 0 Å². The Hall–Kier alpha value is -2.63. The summed E-state index contributed by atoms with van der Waals surface area (Å²) in [6.07, 6.45) is 1.63. The molecule has 1 fully saturated rings. The van der Waals surface area contributed by atoms with Crippen LogP contribution in [0.2, 0.25) is 10.0 Å². The standard InChI is InChI=1S/C25H26Cl2N4O/c1-17-23(13-19-7-4-3-5-8-19)24(29-18(2)28-17)30-9-6-10-31(12-11-30)25(32)20-14-21(26)16-22(27)15-20/h3-5,7-8,14-16H,6,9-13H2,1-2H3. The van der Waals surface area contributed by atoms with Crippen molar-refractivity contribution in [2.75, 3.05) is 31.1 Å². The zero-order valence-electron chi connectivity index (χ0n) is 18.3. The normalized spacial score (nSPS) is 14.4. The summed E-state index contributed by atoms with van der Waals surface area (Å²) in [5, 5.41) is 0.935. The number of hydrogen-bond acceptors (Lipinski definition) is 4. The van der Waals surface area contributed by atoms with Crippen LogP contribution in [0, 0.1) is 13.8 Å². The molecule has 2 aromatic carbocycles. The maximum Gasteiger partial charge on any atom is 0.254 e. The lowest BCUT2D eigenvalue weighted by Crippen LogP contribution is -2.35. The molecule has 0 unspecified atom stereocenters. The molecule has 2 heterocycles. The van der Waals surface area contributed by atoms with Gasteiger partial charge in [0.25, 0.3) is 5.91 Å². The van der Waals surface area contributed by atoms with E-state index in [1.807, 2.05) is 24.8 Å². The number of benzene rings is 2. The van der Waals surface area contributed by atoms with Crippen molar-refractivity contribution in [2.45, 2.75) is 26.7 Å². The maximum absolute atomic E-state index is 13.1. The Morgan fingerprint density at radius 2 is 1.66 bits per heavy atom. The Balaban J connectivity index is 1.56. The van der Waals surface area contributed by atoms with Crippen molar-refractivity contribution in [3.05, 3.63) is 86.8 Å². The number of halogens is 2. The largest absolute Gasteiger partial charge is 0.354 e. The number of amides is 1. The molecule has 0 atom stereocenters. The highest BCUT2D eigenvalue weighted by Crippen LogP contribution is 2.26. The van der Waals surface area contributed by atoms with Gasteiger partial charge in [-0.05, 0) is 44.0 Å². The number of rotatable bonds is 4. The zero-order valence-corrected chi connectivity index (χ0v) is 19.8. The molecular weight excluding hydrogens is 443 g/mol. The van der Waals surface area contributed by atoms with Crippen LogP contribution in [0.3, 0.4) is 0 Å². The number of aryl methyl sites for hydroxylation is 2. The number of carbonyl (C=O) groups is 1. The second-order valence-electron chi connectivity index (χ2n) is 8.11. The van der Waals surface area contributed by atoms with Crippen LogP contribution < -0.4 is 4.90 Å². The smallest absolute Gasteiger partial charge is 0.254 e. The maximum atomic E-state index is 13.1. The van der Waals surface area contributed by atoms with Crippen LogP contribution in [-0.2, 0) is 6.42 Å². The third-order valence-electron chi connectivity index (χ3n) is 5.72. The van der Waals surface area contributed by atoms with Gasteiger partial charge >= 0.3 is 0 Å². The Morgan fingerprint density at radius 3 is 2.38 bits per heavy atom. The van der Waals surface area contributed by atoms with Crippen LogP contribution in [0.5, 0.6) is 0 Å². The molecule has 1 saturated heterocycles. The van der Waals surface area contributed by atoms with E-state index in [0.717, 1.165) is 42.3 Å². The van der Waals surface area contributed by atoms with Gasteiger partial charge in [0, 0.05) is 59.5 Å². The summed E-state index contributed by atoms with van der Waals surface area (Å²) in [5.41, 5.74) is 3.90. The lowest BCUT2D eigenvalue weighted by atomic mass is 10.0. The highest BCUT2D eigenvalue weighted by Gasteiger charge is 2.24. The second-order valence-corrected chi connectivity index (χ2v) is 8.98. The molecule has 166 valence electrons. The van der Waals surface area contributed by atoms with Crippen molar-refractivity contribution in [1.29, 1.82) is 0 Å². The Bertz CT molecular complexity index is 1100. The van der Waals surface area contributed by atoms with Crippen molar-refractivity contribution < 1.29 is 4.79 Å². The molecular formula is C25H26Cl2N4O. The fourth-order valence-corrected chi connectivity index (χ4v) is 4.70. The fourth-order valence-electron chi connectivity index (χ4n) is 4.18. The van der Waals surface area contributed by atoms with Gasteiger partial charge in [-0.15, -0.1) is 0 Å². The van der Waals surface area contributed by atoms with Gasteiger partial charge in [-0.2, -0.15) is 0 Å². The van der Waals surface area contributed by atoms with Crippen LogP contribution in [-0.4, -0.2) is 47.0 Å². The van der Waals surface area contributed by atoms with E-state index in [0.29, 0.717) is 35.2 Å². The molecule has 1 aromatic heterocycles. The zero-order chi connectivity index (χ0) is 22.7. The average Bonchev–Trinajstić information content (AvgIpc) is 3.01. The number of nitrogens with zero attached hydrogens (tertiary/aromatic N) is 4. The first-order valence-electron chi connectivity index (χ1n) is 10.8. The molecule has 7 heteroatoms. The number of anilines is 1. The molecule has 1 amide bonds. The van der Waals surface area contributed by atoms with Crippen molar-refractivity contribution >= 4 is 34.9 Å². The van der Waals surface area contributed by atoms with E-state index in [1.165, 1.54) is 5.56 Å². The highest BCUT2D eigenvalue weighted by atomic mass is 35.5. The predicted molar refractivity (Wildman–Crippen MR) is 130 cm³/mol. The van der Waals surface area contributed by atoms with Crippen molar-refractivity contribution in [2.24, 2.45) is 0 Å². The molecule has 0 saturated carbocycles. The van der Waals surface area contributed by atoms with Crippen LogP contribution >= 0.6 is 23.2 Å². The summed E-state index contributed by atoms with van der Waals surface area (Å²) in [5.74, 6) is 1.69. The Labute approximate surface area is 199 Å². The lowest BCUT2D eigenvalue weighted by molar-refractivity contribution is 0.0767. The fraction of sp³-hybridized carbons (Fsp3) is 0.320. The van der Waals surface area contributed by atoms with E-state index in [-0.39, 0.29) is 5.91 Å². The van der Waals surface area contributed by atoms with Gasteiger partial charge in [-0.3, -0.25) is 4.79 Å². The van der Waals surface area contributed by atoms with Gasteiger partial charge in [-0.1, -0.05) is 53.5 Å². The third-order valence-corrected chi connectivity index (χ3v) is 6.16. The molecule has 0 radical (unpaired) electrons. The van der Waals surface area contributed by atoms with E-state index in [9.17, 15) is 4.79 Å². The van der Waals surface area contributed by atoms with E-state index < -0.39 is 0 Å². The first-order valence-corrected chi connectivity index (χ1v) is 11.5. The van der Waals surface area contributed by atoms with E-state index in [2.05, 4.69) is 34.1 Å². The minimum Gasteiger partial charge on any atom is -0.354 e. The first kappa shape index (κ1) is 22.6. The monoisotopic (exact) mass is 468 g/mol. The van der Waals surface area contributed by atoms with E-state index >= 15 is 0 Å². The molecule has 0 bridgehead atoms. The number of aromatic nitrogens is 2. The Morgan fingerprint density at radius 1 is 0.938 bits per heavy atom. The Kier molecular flexibility index (Phi) is 6.97. The van der Waals surface area contributed by atoms with Crippen LogP contribution in [0.15, 0.2) is 48.5 Å². The number of hydrogen-bond donors (Lipinski definition) is 0. The van der Waals surface area contributed by atoms with Gasteiger partial charge in [0.1, 0.15) is 11.6 Å².